The molecule has 3 aromatic rings. The Kier molecular flexibility index (Phi) is 12.7. The van der Waals surface area contributed by atoms with Crippen molar-refractivity contribution >= 4 is 28.8 Å². The number of rotatable bonds is 2. The van der Waals surface area contributed by atoms with Crippen molar-refractivity contribution in [1.29, 1.82) is 0 Å². The summed E-state index contributed by atoms with van der Waals surface area (Å²) in [4.78, 5) is 11.7. The summed E-state index contributed by atoms with van der Waals surface area (Å²) in [5, 5.41) is 0.186. The average Bonchev–Trinajstić information content (AvgIpc) is 3.21. The predicted molar refractivity (Wildman–Crippen MR) is 117 cm³/mol. The molecule has 0 fully saturated rings. The number of carbonyl (C=O) groups excluding carboxylic acids is 1. The zero-order valence-corrected chi connectivity index (χ0v) is 18.9. The van der Waals surface area contributed by atoms with Crippen molar-refractivity contribution in [2.75, 3.05) is 0 Å². The third kappa shape index (κ3) is 9.48. The van der Waals surface area contributed by atoms with Crippen molar-refractivity contribution in [2.24, 2.45) is 5.73 Å². The number of thiophene rings is 1. The zero-order chi connectivity index (χ0) is 24.2. The van der Waals surface area contributed by atoms with Gasteiger partial charge in [0.2, 0.25) is 0 Å². The molecule has 0 radical (unpaired) electrons. The summed E-state index contributed by atoms with van der Waals surface area (Å²) in [6.45, 7) is 8.00. The molecule has 2 aromatic carbocycles. The van der Waals surface area contributed by atoms with Gasteiger partial charge in [0.15, 0.2) is 0 Å². The first kappa shape index (κ1) is 28.5. The van der Waals surface area contributed by atoms with Gasteiger partial charge in [-0.15, -0.1) is 11.3 Å². The van der Waals surface area contributed by atoms with Crippen LogP contribution in [0.15, 0.2) is 54.6 Å². The van der Waals surface area contributed by atoms with Crippen LogP contribution in [0.25, 0.3) is 10.4 Å². The van der Waals surface area contributed by atoms with E-state index in [0.717, 1.165) is 29.5 Å². The quantitative estimate of drug-likeness (QED) is 0.370. The standard InChI is InChI=1S/C12H7ClF3NOS.C6H4F2.2C2H6/c13-8-2-1-6(12(14,15)16)5-7(8)9-3-4-10(19-9)11(17)18;7-5-2-1-3-6(8)4-5;2*1-2/h1-5H,(H2,17,18);1-4H;2*1-2H3. The van der Waals surface area contributed by atoms with Crippen LogP contribution in [-0.2, 0) is 6.18 Å². The lowest BCUT2D eigenvalue weighted by Gasteiger charge is -2.09. The number of hydrogen-bond acceptors (Lipinski definition) is 2. The number of hydrogen-bond donors (Lipinski definition) is 1. The molecule has 0 aliphatic carbocycles. The van der Waals surface area contributed by atoms with Crippen molar-refractivity contribution in [3.63, 3.8) is 0 Å². The van der Waals surface area contributed by atoms with E-state index in [0.29, 0.717) is 4.88 Å². The Morgan fingerprint density at radius 1 is 0.903 bits per heavy atom. The Bertz CT molecular complexity index is 940. The maximum atomic E-state index is 12.6. The smallest absolute Gasteiger partial charge is 0.365 e. The van der Waals surface area contributed by atoms with Crippen molar-refractivity contribution in [3.05, 3.63) is 81.7 Å². The average molecular weight is 480 g/mol. The van der Waals surface area contributed by atoms with Crippen molar-refractivity contribution in [2.45, 2.75) is 33.9 Å². The van der Waals surface area contributed by atoms with Gasteiger partial charge in [0.25, 0.3) is 5.91 Å². The topological polar surface area (TPSA) is 43.1 Å². The third-order valence-electron chi connectivity index (χ3n) is 3.19. The molecular formula is C22H23ClF5NOS. The summed E-state index contributed by atoms with van der Waals surface area (Å²) in [6, 6.07) is 10.6. The molecule has 2 N–H and O–H groups in total. The SMILES string of the molecule is CC.CC.Fc1cccc(F)c1.NC(=O)c1ccc(-c2cc(C(F)(F)F)ccc2Cl)s1. The molecule has 0 spiro atoms. The van der Waals surface area contributed by atoms with Crippen LogP contribution in [0.1, 0.15) is 42.9 Å². The monoisotopic (exact) mass is 479 g/mol. The number of alkyl halides is 3. The van der Waals surface area contributed by atoms with Crippen LogP contribution in [-0.4, -0.2) is 5.91 Å². The van der Waals surface area contributed by atoms with Gasteiger partial charge in [0.05, 0.1) is 10.4 Å². The Labute approximate surface area is 187 Å². The largest absolute Gasteiger partial charge is 0.416 e. The molecule has 1 heterocycles. The fourth-order valence-electron chi connectivity index (χ4n) is 1.97. The van der Waals surface area contributed by atoms with Gasteiger partial charge in [0.1, 0.15) is 11.6 Å². The first-order valence-electron chi connectivity index (χ1n) is 9.26. The lowest BCUT2D eigenvalue weighted by molar-refractivity contribution is -0.137. The summed E-state index contributed by atoms with van der Waals surface area (Å²) in [5.74, 6) is -1.70. The molecule has 0 saturated heterocycles. The molecule has 0 aliphatic heterocycles. The van der Waals surface area contributed by atoms with E-state index >= 15 is 0 Å². The van der Waals surface area contributed by atoms with Gasteiger partial charge < -0.3 is 5.73 Å². The molecule has 3 rings (SSSR count). The van der Waals surface area contributed by atoms with E-state index in [1.54, 1.807) is 0 Å². The van der Waals surface area contributed by atoms with E-state index in [1.807, 2.05) is 27.7 Å². The Hall–Kier alpha value is -2.45. The van der Waals surface area contributed by atoms with Crippen LogP contribution in [0.4, 0.5) is 22.0 Å². The number of carbonyl (C=O) groups is 1. The molecule has 0 bridgehead atoms. The second-order valence-corrected chi connectivity index (χ2v) is 6.65. The number of primary amides is 1. The van der Waals surface area contributed by atoms with Gasteiger partial charge >= 0.3 is 6.18 Å². The molecule has 0 unspecified atom stereocenters. The van der Waals surface area contributed by atoms with Crippen LogP contribution < -0.4 is 5.73 Å². The molecule has 1 amide bonds. The second kappa shape index (κ2) is 13.8. The maximum Gasteiger partial charge on any atom is 0.416 e. The van der Waals surface area contributed by atoms with Crippen molar-refractivity contribution in [1.82, 2.24) is 0 Å². The van der Waals surface area contributed by atoms with Gasteiger partial charge in [-0.05, 0) is 42.5 Å². The summed E-state index contributed by atoms with van der Waals surface area (Å²) in [7, 11) is 0. The highest BCUT2D eigenvalue weighted by Gasteiger charge is 2.31. The van der Waals surface area contributed by atoms with E-state index in [-0.39, 0.29) is 15.5 Å². The highest BCUT2D eigenvalue weighted by molar-refractivity contribution is 7.17. The lowest BCUT2D eigenvalue weighted by atomic mass is 10.1. The van der Waals surface area contributed by atoms with Crippen molar-refractivity contribution < 1.29 is 26.7 Å². The van der Waals surface area contributed by atoms with Crippen molar-refractivity contribution in [3.8, 4) is 10.4 Å². The fraction of sp³-hybridized carbons (Fsp3) is 0.227. The maximum absolute atomic E-state index is 12.6. The van der Waals surface area contributed by atoms with E-state index in [2.05, 4.69) is 0 Å². The van der Waals surface area contributed by atoms with Crippen LogP contribution in [0.2, 0.25) is 5.02 Å². The van der Waals surface area contributed by atoms with Gasteiger partial charge in [-0.2, -0.15) is 13.2 Å². The van der Waals surface area contributed by atoms with Crippen LogP contribution in [0, 0.1) is 11.6 Å². The minimum atomic E-state index is -4.44. The Morgan fingerprint density at radius 2 is 1.45 bits per heavy atom. The van der Waals surface area contributed by atoms with Crippen LogP contribution in [0.5, 0.6) is 0 Å². The van der Waals surface area contributed by atoms with Crippen LogP contribution in [0.3, 0.4) is 0 Å². The summed E-state index contributed by atoms with van der Waals surface area (Å²) in [5.41, 5.74) is 4.54. The van der Waals surface area contributed by atoms with E-state index in [9.17, 15) is 26.7 Å². The third-order valence-corrected chi connectivity index (χ3v) is 4.66. The minimum absolute atomic E-state index is 0.186. The molecule has 2 nitrogen and oxygen atoms in total. The summed E-state index contributed by atoms with van der Waals surface area (Å²) < 4.78 is 61.8. The van der Waals surface area contributed by atoms with E-state index in [1.165, 1.54) is 36.4 Å². The number of amides is 1. The first-order chi connectivity index (χ1) is 14.6. The molecule has 0 saturated carbocycles. The number of benzene rings is 2. The molecule has 0 aliphatic rings. The highest BCUT2D eigenvalue weighted by Crippen LogP contribution is 2.38. The molecular weight excluding hydrogens is 457 g/mol. The normalized spacial score (nSPS) is 9.87. The fourth-order valence-corrected chi connectivity index (χ4v) is 3.13. The molecule has 1 aromatic heterocycles. The molecule has 0 atom stereocenters. The van der Waals surface area contributed by atoms with Gasteiger partial charge in [-0.3, -0.25) is 4.79 Å². The zero-order valence-electron chi connectivity index (χ0n) is 17.4. The predicted octanol–water partition coefficient (Wildman–Crippen LogP) is 8.20. The minimum Gasteiger partial charge on any atom is -0.365 e. The Morgan fingerprint density at radius 3 is 1.84 bits per heavy atom. The van der Waals surface area contributed by atoms with Crippen LogP contribution >= 0.6 is 22.9 Å². The van der Waals surface area contributed by atoms with Gasteiger partial charge in [0, 0.05) is 21.5 Å². The van der Waals surface area contributed by atoms with E-state index < -0.39 is 29.3 Å². The summed E-state index contributed by atoms with van der Waals surface area (Å²) >= 11 is 6.89. The molecule has 170 valence electrons. The van der Waals surface area contributed by atoms with Gasteiger partial charge in [-0.25, -0.2) is 8.78 Å². The van der Waals surface area contributed by atoms with Gasteiger partial charge in [-0.1, -0.05) is 45.4 Å². The highest BCUT2D eigenvalue weighted by atomic mass is 35.5. The Balaban J connectivity index is 0.000000625. The van der Waals surface area contributed by atoms with E-state index in [4.69, 9.17) is 17.3 Å². The number of nitrogens with two attached hydrogens (primary N) is 1. The second-order valence-electron chi connectivity index (χ2n) is 5.16. The molecule has 31 heavy (non-hydrogen) atoms. The summed E-state index contributed by atoms with van der Waals surface area (Å²) in [6.07, 6.45) is -4.44. The first-order valence-corrected chi connectivity index (χ1v) is 10.4. The molecule has 9 heteroatoms. The number of halogens is 6. The lowest BCUT2D eigenvalue weighted by Crippen LogP contribution is -2.08.